The SMILES string of the molecule is COC(=O)Nc1cccc(-c2c(C#N)c3ccc(OC(F)F)cc3n2CC2CC2)c1. The monoisotopic (exact) mass is 411 g/mol. The Kier molecular flexibility index (Phi) is 5.27. The molecule has 3 aromatic rings. The summed E-state index contributed by atoms with van der Waals surface area (Å²) in [5, 5.41) is 13.2. The number of anilines is 1. The molecular weight excluding hydrogens is 392 g/mol. The first-order valence-corrected chi connectivity index (χ1v) is 9.46. The number of nitrogens with one attached hydrogen (secondary N) is 1. The van der Waals surface area contributed by atoms with E-state index in [-0.39, 0.29) is 5.75 Å². The van der Waals surface area contributed by atoms with Crippen molar-refractivity contribution in [3.63, 3.8) is 0 Å². The Morgan fingerprint density at radius 2 is 2.10 bits per heavy atom. The predicted octanol–water partition coefficient (Wildman–Crippen LogP) is 5.37. The van der Waals surface area contributed by atoms with Gasteiger partial charge in [0.2, 0.25) is 0 Å². The van der Waals surface area contributed by atoms with Crippen LogP contribution in [0.1, 0.15) is 18.4 Å². The van der Waals surface area contributed by atoms with Gasteiger partial charge in [0.15, 0.2) is 0 Å². The van der Waals surface area contributed by atoms with E-state index in [0.29, 0.717) is 40.3 Å². The first kappa shape index (κ1) is 19.7. The number of halogens is 2. The van der Waals surface area contributed by atoms with Gasteiger partial charge in [-0.1, -0.05) is 12.1 Å². The molecule has 0 spiro atoms. The van der Waals surface area contributed by atoms with E-state index in [4.69, 9.17) is 0 Å². The van der Waals surface area contributed by atoms with Gasteiger partial charge < -0.3 is 14.0 Å². The van der Waals surface area contributed by atoms with Gasteiger partial charge in [0.25, 0.3) is 0 Å². The molecule has 0 unspecified atom stereocenters. The molecule has 1 aliphatic rings. The Hall–Kier alpha value is -3.60. The van der Waals surface area contributed by atoms with E-state index in [1.165, 1.54) is 13.2 Å². The second-order valence-electron chi connectivity index (χ2n) is 7.14. The van der Waals surface area contributed by atoms with Gasteiger partial charge in [-0.05, 0) is 43.0 Å². The summed E-state index contributed by atoms with van der Waals surface area (Å²) in [4.78, 5) is 11.6. The molecule has 0 aliphatic heterocycles. The largest absolute Gasteiger partial charge is 0.453 e. The van der Waals surface area contributed by atoms with Gasteiger partial charge in [0.1, 0.15) is 11.8 Å². The number of nitrogens with zero attached hydrogens (tertiary/aromatic N) is 2. The highest BCUT2D eigenvalue weighted by Crippen LogP contribution is 2.40. The van der Waals surface area contributed by atoms with Crippen LogP contribution < -0.4 is 10.1 Å². The summed E-state index contributed by atoms with van der Waals surface area (Å²) in [5.41, 5.74) is 3.05. The Bertz CT molecular complexity index is 1150. The highest BCUT2D eigenvalue weighted by Gasteiger charge is 2.27. The molecule has 2 aromatic carbocycles. The number of carbonyl (C=O) groups excluding carboxylic acids is 1. The van der Waals surface area contributed by atoms with Crippen LogP contribution in [-0.4, -0.2) is 24.4 Å². The number of alkyl halides is 2. The van der Waals surface area contributed by atoms with Crippen LogP contribution in [0.2, 0.25) is 0 Å². The van der Waals surface area contributed by atoms with Crippen molar-refractivity contribution < 1.29 is 23.0 Å². The lowest BCUT2D eigenvalue weighted by atomic mass is 10.1. The highest BCUT2D eigenvalue weighted by atomic mass is 19.3. The van der Waals surface area contributed by atoms with E-state index < -0.39 is 12.7 Å². The van der Waals surface area contributed by atoms with Crippen LogP contribution in [0, 0.1) is 17.2 Å². The summed E-state index contributed by atoms with van der Waals surface area (Å²) in [6, 6.07) is 14.0. The van der Waals surface area contributed by atoms with E-state index >= 15 is 0 Å². The summed E-state index contributed by atoms with van der Waals surface area (Å²) in [6.07, 6.45) is 1.57. The van der Waals surface area contributed by atoms with E-state index in [9.17, 15) is 18.8 Å². The van der Waals surface area contributed by atoms with Crippen molar-refractivity contribution >= 4 is 22.7 Å². The summed E-state index contributed by atoms with van der Waals surface area (Å²) >= 11 is 0. The second kappa shape index (κ2) is 8.03. The maximum atomic E-state index is 12.7. The second-order valence-corrected chi connectivity index (χ2v) is 7.14. The number of rotatable bonds is 6. The number of amides is 1. The lowest BCUT2D eigenvalue weighted by Crippen LogP contribution is -2.11. The standard InChI is InChI=1S/C22H19F2N3O3/c1-29-22(28)26-15-4-2-3-14(9-15)20-18(11-25)17-8-7-16(30-21(23)24)10-19(17)27(20)12-13-5-6-13/h2-4,7-10,13,21H,5-6,12H2,1H3,(H,26,28). The molecule has 154 valence electrons. The quantitative estimate of drug-likeness (QED) is 0.592. The predicted molar refractivity (Wildman–Crippen MR) is 107 cm³/mol. The van der Waals surface area contributed by atoms with Crippen molar-refractivity contribution in [2.75, 3.05) is 12.4 Å². The normalized spacial score (nSPS) is 13.3. The smallest absolute Gasteiger partial charge is 0.411 e. The number of nitriles is 1. The molecule has 8 heteroatoms. The Balaban J connectivity index is 1.88. The maximum absolute atomic E-state index is 12.7. The third-order valence-electron chi connectivity index (χ3n) is 5.08. The van der Waals surface area contributed by atoms with Gasteiger partial charge in [-0.3, -0.25) is 5.32 Å². The number of hydrogen-bond donors (Lipinski definition) is 1. The zero-order chi connectivity index (χ0) is 21.3. The number of ether oxygens (including phenoxy) is 2. The van der Waals surface area contributed by atoms with Gasteiger partial charge in [0, 0.05) is 29.2 Å². The summed E-state index contributed by atoms with van der Waals surface area (Å²) in [7, 11) is 1.28. The van der Waals surface area contributed by atoms with Gasteiger partial charge >= 0.3 is 12.7 Å². The molecule has 1 saturated carbocycles. The van der Waals surface area contributed by atoms with Gasteiger partial charge in [-0.15, -0.1) is 0 Å². The molecule has 0 bridgehead atoms. The van der Waals surface area contributed by atoms with Gasteiger partial charge in [-0.2, -0.15) is 14.0 Å². The van der Waals surface area contributed by atoms with Crippen LogP contribution in [0.15, 0.2) is 42.5 Å². The van der Waals surface area contributed by atoms with Crippen molar-refractivity contribution in [2.45, 2.75) is 26.0 Å². The van der Waals surface area contributed by atoms with Crippen molar-refractivity contribution in [1.82, 2.24) is 4.57 Å². The molecule has 1 aromatic heterocycles. The Morgan fingerprint density at radius 3 is 2.77 bits per heavy atom. The highest BCUT2D eigenvalue weighted by molar-refractivity contribution is 5.96. The minimum atomic E-state index is -2.93. The van der Waals surface area contributed by atoms with Crippen LogP contribution in [0.5, 0.6) is 5.75 Å². The van der Waals surface area contributed by atoms with Crippen molar-refractivity contribution in [2.24, 2.45) is 5.92 Å². The molecule has 0 saturated heterocycles. The summed E-state index contributed by atoms with van der Waals surface area (Å²) < 4.78 is 36.6. The number of aromatic nitrogens is 1. The number of hydrogen-bond acceptors (Lipinski definition) is 4. The fourth-order valence-electron chi connectivity index (χ4n) is 3.58. The van der Waals surface area contributed by atoms with Crippen LogP contribution in [0.25, 0.3) is 22.2 Å². The van der Waals surface area contributed by atoms with Crippen LogP contribution in [0.4, 0.5) is 19.3 Å². The molecule has 30 heavy (non-hydrogen) atoms. The third kappa shape index (κ3) is 3.92. The van der Waals surface area contributed by atoms with Crippen molar-refractivity contribution in [3.8, 4) is 23.1 Å². The molecule has 1 fully saturated rings. The van der Waals surface area contributed by atoms with Crippen LogP contribution in [-0.2, 0) is 11.3 Å². The summed E-state index contributed by atoms with van der Waals surface area (Å²) in [5.74, 6) is 0.520. The Labute approximate surface area is 171 Å². The Morgan fingerprint density at radius 1 is 1.30 bits per heavy atom. The molecule has 6 nitrogen and oxygen atoms in total. The van der Waals surface area contributed by atoms with E-state index in [2.05, 4.69) is 20.9 Å². The van der Waals surface area contributed by atoms with E-state index in [0.717, 1.165) is 18.4 Å². The molecule has 1 N–H and O–H groups in total. The van der Waals surface area contributed by atoms with Crippen LogP contribution >= 0.6 is 0 Å². The van der Waals surface area contributed by atoms with E-state index in [1.807, 2.05) is 10.6 Å². The van der Waals surface area contributed by atoms with Gasteiger partial charge in [-0.25, -0.2) is 4.79 Å². The fourth-order valence-corrected chi connectivity index (χ4v) is 3.58. The molecular formula is C22H19F2N3O3. The zero-order valence-corrected chi connectivity index (χ0v) is 16.2. The molecule has 0 radical (unpaired) electrons. The summed E-state index contributed by atoms with van der Waals surface area (Å²) in [6.45, 7) is -2.26. The number of methoxy groups -OCH3 is 1. The number of carbonyl (C=O) groups is 1. The minimum absolute atomic E-state index is 0.0456. The van der Waals surface area contributed by atoms with Crippen LogP contribution in [0.3, 0.4) is 0 Å². The molecule has 1 amide bonds. The lowest BCUT2D eigenvalue weighted by Gasteiger charge is -2.13. The molecule has 4 rings (SSSR count). The fraction of sp³-hybridized carbons (Fsp3) is 0.273. The lowest BCUT2D eigenvalue weighted by molar-refractivity contribution is -0.0497. The molecule has 0 atom stereocenters. The average molecular weight is 411 g/mol. The molecule has 1 aliphatic carbocycles. The first-order chi connectivity index (χ1) is 14.5. The zero-order valence-electron chi connectivity index (χ0n) is 16.2. The maximum Gasteiger partial charge on any atom is 0.411 e. The van der Waals surface area contributed by atoms with Crippen molar-refractivity contribution in [1.29, 1.82) is 5.26 Å². The van der Waals surface area contributed by atoms with E-state index in [1.54, 1.807) is 30.3 Å². The molecule has 1 heterocycles. The average Bonchev–Trinajstić information content (AvgIpc) is 3.49. The van der Waals surface area contributed by atoms with Gasteiger partial charge in [0.05, 0.1) is 23.9 Å². The number of fused-ring (bicyclic) bond motifs is 1. The third-order valence-corrected chi connectivity index (χ3v) is 5.08. The number of benzene rings is 2. The topological polar surface area (TPSA) is 76.3 Å². The minimum Gasteiger partial charge on any atom is -0.453 e. The van der Waals surface area contributed by atoms with Crippen molar-refractivity contribution in [3.05, 3.63) is 48.0 Å². The first-order valence-electron chi connectivity index (χ1n) is 9.46.